The summed E-state index contributed by atoms with van der Waals surface area (Å²) in [5.41, 5.74) is 11.0. The molecule has 0 saturated carbocycles. The van der Waals surface area contributed by atoms with Crippen molar-refractivity contribution in [3.63, 3.8) is 0 Å². The van der Waals surface area contributed by atoms with Crippen molar-refractivity contribution < 1.29 is 29.4 Å². The van der Waals surface area contributed by atoms with Crippen molar-refractivity contribution in [2.75, 3.05) is 0 Å². The van der Waals surface area contributed by atoms with Crippen LogP contribution in [0.15, 0.2) is 12.1 Å². The SMILES string of the molecule is NC(=O)CC(NC(=O)c1ccc(CCC(N)C(=O)O)[nH]1)C(=O)O. The first-order chi connectivity index (χ1) is 10.7. The number of amides is 2. The summed E-state index contributed by atoms with van der Waals surface area (Å²) in [7, 11) is 0. The summed E-state index contributed by atoms with van der Waals surface area (Å²) in [6.07, 6.45) is -0.0389. The van der Waals surface area contributed by atoms with Crippen LogP contribution in [0.1, 0.15) is 29.0 Å². The maximum atomic E-state index is 11.9. The molecule has 0 bridgehead atoms. The molecule has 0 aromatic carbocycles. The lowest BCUT2D eigenvalue weighted by atomic mass is 10.1. The van der Waals surface area contributed by atoms with Crippen LogP contribution in [0.2, 0.25) is 0 Å². The number of carboxylic acids is 2. The van der Waals surface area contributed by atoms with E-state index in [2.05, 4.69) is 10.3 Å². The molecule has 0 fully saturated rings. The smallest absolute Gasteiger partial charge is 0.326 e. The fraction of sp³-hybridized carbons (Fsp3) is 0.385. The number of aromatic amines is 1. The average molecular weight is 326 g/mol. The molecule has 1 aromatic heterocycles. The number of aromatic nitrogens is 1. The van der Waals surface area contributed by atoms with E-state index in [0.717, 1.165) is 0 Å². The van der Waals surface area contributed by atoms with Crippen molar-refractivity contribution in [1.29, 1.82) is 0 Å². The molecular weight excluding hydrogens is 308 g/mol. The highest BCUT2D eigenvalue weighted by molar-refractivity contribution is 5.96. The quantitative estimate of drug-likeness (QED) is 0.315. The monoisotopic (exact) mass is 326 g/mol. The second kappa shape index (κ2) is 7.94. The minimum absolute atomic E-state index is 0.0830. The van der Waals surface area contributed by atoms with Gasteiger partial charge in [-0.15, -0.1) is 0 Å². The van der Waals surface area contributed by atoms with Gasteiger partial charge in [0.15, 0.2) is 0 Å². The Labute approximate surface area is 130 Å². The van der Waals surface area contributed by atoms with Crippen molar-refractivity contribution in [2.45, 2.75) is 31.3 Å². The first-order valence-corrected chi connectivity index (χ1v) is 6.69. The zero-order valence-electron chi connectivity index (χ0n) is 12.1. The topological polar surface area (TPSA) is 189 Å². The maximum absolute atomic E-state index is 11.9. The molecule has 10 nitrogen and oxygen atoms in total. The number of rotatable bonds is 9. The summed E-state index contributed by atoms with van der Waals surface area (Å²) in [4.78, 5) is 47.0. The molecule has 0 radical (unpaired) electrons. The number of H-pyrrole nitrogens is 1. The maximum Gasteiger partial charge on any atom is 0.326 e. The molecular formula is C13H18N4O6. The normalized spacial score (nSPS) is 13.1. The van der Waals surface area contributed by atoms with Gasteiger partial charge in [-0.1, -0.05) is 0 Å². The van der Waals surface area contributed by atoms with Gasteiger partial charge in [-0.25, -0.2) is 4.79 Å². The number of hydrogen-bond donors (Lipinski definition) is 6. The number of primary amides is 1. The van der Waals surface area contributed by atoms with Gasteiger partial charge in [0.1, 0.15) is 17.8 Å². The van der Waals surface area contributed by atoms with Gasteiger partial charge in [0, 0.05) is 5.69 Å². The minimum atomic E-state index is -1.42. The highest BCUT2D eigenvalue weighted by Gasteiger charge is 2.23. The number of hydrogen-bond acceptors (Lipinski definition) is 5. The lowest BCUT2D eigenvalue weighted by Gasteiger charge is -2.12. The van der Waals surface area contributed by atoms with Crippen LogP contribution in [-0.2, 0) is 20.8 Å². The van der Waals surface area contributed by atoms with Crippen LogP contribution in [0.5, 0.6) is 0 Å². The highest BCUT2D eigenvalue weighted by Crippen LogP contribution is 2.07. The summed E-state index contributed by atoms with van der Waals surface area (Å²) in [5.74, 6) is -4.07. The van der Waals surface area contributed by atoms with E-state index in [4.69, 9.17) is 21.7 Å². The molecule has 1 aromatic rings. The van der Waals surface area contributed by atoms with E-state index < -0.39 is 42.3 Å². The Kier molecular flexibility index (Phi) is 6.27. The van der Waals surface area contributed by atoms with Crippen LogP contribution in [0.4, 0.5) is 0 Å². The molecule has 0 aliphatic heterocycles. The Balaban J connectivity index is 2.65. The van der Waals surface area contributed by atoms with Gasteiger partial charge in [0.2, 0.25) is 5.91 Å². The molecule has 126 valence electrons. The summed E-state index contributed by atoms with van der Waals surface area (Å²) in [6, 6.07) is 0.544. The second-order valence-electron chi connectivity index (χ2n) is 4.92. The number of carbonyl (C=O) groups is 4. The predicted octanol–water partition coefficient (Wildman–Crippen LogP) is -1.58. The summed E-state index contributed by atoms with van der Waals surface area (Å²) < 4.78 is 0. The highest BCUT2D eigenvalue weighted by atomic mass is 16.4. The Bertz CT molecular complexity index is 611. The first-order valence-electron chi connectivity index (χ1n) is 6.69. The number of nitrogens with one attached hydrogen (secondary N) is 2. The van der Waals surface area contributed by atoms with Crippen molar-refractivity contribution in [2.24, 2.45) is 11.5 Å². The van der Waals surface area contributed by atoms with Crippen LogP contribution >= 0.6 is 0 Å². The number of nitrogens with two attached hydrogens (primary N) is 2. The van der Waals surface area contributed by atoms with E-state index in [1.165, 1.54) is 6.07 Å². The molecule has 23 heavy (non-hydrogen) atoms. The van der Waals surface area contributed by atoms with Crippen LogP contribution in [0, 0.1) is 0 Å². The van der Waals surface area contributed by atoms with Crippen LogP contribution in [0.25, 0.3) is 0 Å². The molecule has 10 heteroatoms. The van der Waals surface area contributed by atoms with Gasteiger partial charge in [-0.2, -0.15) is 0 Å². The number of aliphatic carboxylic acids is 2. The van der Waals surface area contributed by atoms with Crippen LogP contribution < -0.4 is 16.8 Å². The summed E-state index contributed by atoms with van der Waals surface area (Å²) in [6.45, 7) is 0. The molecule has 1 rings (SSSR count). The number of carboxylic acid groups (broad SMARTS) is 2. The molecule has 8 N–H and O–H groups in total. The van der Waals surface area contributed by atoms with Crippen molar-refractivity contribution in [3.8, 4) is 0 Å². The molecule has 1 heterocycles. The van der Waals surface area contributed by atoms with Gasteiger partial charge < -0.3 is 32.0 Å². The third-order valence-electron chi connectivity index (χ3n) is 3.04. The van der Waals surface area contributed by atoms with Gasteiger partial charge >= 0.3 is 11.9 Å². The van der Waals surface area contributed by atoms with Gasteiger partial charge in [0.05, 0.1) is 6.42 Å². The molecule has 0 spiro atoms. The Morgan fingerprint density at radius 3 is 2.35 bits per heavy atom. The molecule has 2 amide bonds. The fourth-order valence-electron chi connectivity index (χ4n) is 1.79. The van der Waals surface area contributed by atoms with Gasteiger partial charge in [0.25, 0.3) is 5.91 Å². The number of carbonyl (C=O) groups excluding carboxylic acids is 2. The molecule has 2 unspecified atom stereocenters. The Morgan fingerprint density at radius 1 is 1.17 bits per heavy atom. The van der Waals surface area contributed by atoms with Crippen LogP contribution in [-0.4, -0.2) is 51.0 Å². The van der Waals surface area contributed by atoms with Gasteiger partial charge in [-0.3, -0.25) is 14.4 Å². The first kappa shape index (κ1) is 18.2. The standard InChI is InChI=1S/C13H18N4O6/c14-7(12(20)21)3-1-6-2-4-8(16-6)11(19)17-9(13(22)23)5-10(15)18/h2,4,7,9,16H,1,3,5,14H2,(H2,15,18)(H,17,19)(H,20,21)(H,22,23). The minimum Gasteiger partial charge on any atom is -0.480 e. The molecule has 0 aliphatic carbocycles. The van der Waals surface area contributed by atoms with E-state index in [9.17, 15) is 19.2 Å². The van der Waals surface area contributed by atoms with Crippen LogP contribution in [0.3, 0.4) is 0 Å². The van der Waals surface area contributed by atoms with E-state index in [1.807, 2.05) is 0 Å². The molecule has 2 atom stereocenters. The average Bonchev–Trinajstić information content (AvgIpc) is 2.92. The summed E-state index contributed by atoms with van der Waals surface area (Å²) in [5, 5.41) is 19.8. The Hall–Kier alpha value is -2.88. The van der Waals surface area contributed by atoms with Gasteiger partial charge in [-0.05, 0) is 25.0 Å². The van der Waals surface area contributed by atoms with Crippen molar-refractivity contribution in [3.05, 3.63) is 23.5 Å². The third kappa shape index (κ3) is 5.79. The van der Waals surface area contributed by atoms with E-state index in [-0.39, 0.29) is 12.1 Å². The number of aryl methyl sites for hydroxylation is 1. The fourth-order valence-corrected chi connectivity index (χ4v) is 1.79. The van der Waals surface area contributed by atoms with Crippen molar-refractivity contribution in [1.82, 2.24) is 10.3 Å². The lowest BCUT2D eigenvalue weighted by molar-refractivity contribution is -0.141. The Morgan fingerprint density at radius 2 is 1.83 bits per heavy atom. The zero-order chi connectivity index (χ0) is 17.6. The third-order valence-corrected chi connectivity index (χ3v) is 3.04. The zero-order valence-corrected chi connectivity index (χ0v) is 12.1. The summed E-state index contributed by atoms with van der Waals surface area (Å²) >= 11 is 0. The van der Waals surface area contributed by atoms with Crippen molar-refractivity contribution >= 4 is 23.8 Å². The van der Waals surface area contributed by atoms with E-state index >= 15 is 0 Å². The predicted molar refractivity (Wildman–Crippen MR) is 77.4 cm³/mol. The van der Waals surface area contributed by atoms with E-state index in [0.29, 0.717) is 12.1 Å². The van der Waals surface area contributed by atoms with E-state index in [1.54, 1.807) is 6.07 Å². The molecule has 0 saturated heterocycles. The largest absolute Gasteiger partial charge is 0.480 e. The molecule has 0 aliphatic rings. The lowest BCUT2D eigenvalue weighted by Crippen LogP contribution is -2.43. The second-order valence-corrected chi connectivity index (χ2v) is 4.92.